The number of amides is 2. The van der Waals surface area contributed by atoms with Crippen molar-refractivity contribution < 1.29 is 9.59 Å². The van der Waals surface area contributed by atoms with Crippen LogP contribution in [0.25, 0.3) is 0 Å². The minimum absolute atomic E-state index is 0.00797. The Balaban J connectivity index is 1.74. The van der Waals surface area contributed by atoms with Crippen LogP contribution in [0.3, 0.4) is 0 Å². The lowest BCUT2D eigenvalue weighted by atomic mass is 10.1. The molecular weight excluding hydrogens is 320 g/mol. The van der Waals surface area contributed by atoms with E-state index in [0.29, 0.717) is 23.7 Å². The van der Waals surface area contributed by atoms with Crippen LogP contribution in [0, 0.1) is 0 Å². The fourth-order valence-electron chi connectivity index (χ4n) is 3.22. The first-order chi connectivity index (χ1) is 10.4. The van der Waals surface area contributed by atoms with Gasteiger partial charge in [-0.3, -0.25) is 9.59 Å². The van der Waals surface area contributed by atoms with E-state index in [9.17, 15) is 9.59 Å². The van der Waals surface area contributed by atoms with Crippen LogP contribution in [0.1, 0.15) is 25.3 Å². The molecule has 0 bridgehead atoms. The normalized spacial score (nSPS) is 27.1. The molecule has 0 spiro atoms. The number of rotatable bonds is 3. The maximum Gasteiger partial charge on any atom is 0.246 e. The third-order valence-electron chi connectivity index (χ3n) is 4.47. The number of carbonyl (C=O) groups is 2. The second-order valence-electron chi connectivity index (χ2n) is 6.05. The van der Waals surface area contributed by atoms with Gasteiger partial charge in [-0.1, -0.05) is 29.8 Å². The summed E-state index contributed by atoms with van der Waals surface area (Å²) in [5.74, 6) is 0.761. The standard InChI is InChI=1S/C16H19ClN2O2S/c1-16-8-7-14(20)19(16)13(10-22-16)15(21)18(2)9-11-5-3-4-6-12(11)17/h3-6,13H,7-10H2,1-2H3/t13-,16-/m1/s1. The summed E-state index contributed by atoms with van der Waals surface area (Å²) in [4.78, 5) is 28.2. The molecule has 2 aliphatic heterocycles. The molecule has 0 saturated carbocycles. The van der Waals surface area contributed by atoms with E-state index < -0.39 is 0 Å². The van der Waals surface area contributed by atoms with E-state index in [4.69, 9.17) is 11.6 Å². The topological polar surface area (TPSA) is 40.6 Å². The van der Waals surface area contributed by atoms with Gasteiger partial charge in [0.05, 0.1) is 4.87 Å². The van der Waals surface area contributed by atoms with Gasteiger partial charge in [-0.05, 0) is 25.0 Å². The van der Waals surface area contributed by atoms with E-state index in [1.807, 2.05) is 24.3 Å². The Morgan fingerprint density at radius 1 is 1.50 bits per heavy atom. The van der Waals surface area contributed by atoms with Crippen LogP contribution in [0.2, 0.25) is 5.02 Å². The molecule has 22 heavy (non-hydrogen) atoms. The monoisotopic (exact) mass is 338 g/mol. The maximum atomic E-state index is 12.8. The molecule has 0 aromatic heterocycles. The zero-order valence-corrected chi connectivity index (χ0v) is 14.3. The summed E-state index contributed by atoms with van der Waals surface area (Å²) in [7, 11) is 1.77. The molecule has 118 valence electrons. The van der Waals surface area contributed by atoms with Crippen molar-refractivity contribution >= 4 is 35.2 Å². The van der Waals surface area contributed by atoms with Gasteiger partial charge in [0.15, 0.2) is 0 Å². The Morgan fingerprint density at radius 2 is 2.23 bits per heavy atom. The molecule has 0 radical (unpaired) electrons. The van der Waals surface area contributed by atoms with Crippen LogP contribution in [0.15, 0.2) is 24.3 Å². The highest BCUT2D eigenvalue weighted by molar-refractivity contribution is 8.01. The van der Waals surface area contributed by atoms with Gasteiger partial charge in [0.25, 0.3) is 0 Å². The highest BCUT2D eigenvalue weighted by Crippen LogP contribution is 2.47. The first-order valence-electron chi connectivity index (χ1n) is 7.37. The Kier molecular flexibility index (Phi) is 4.12. The average molecular weight is 339 g/mol. The summed E-state index contributed by atoms with van der Waals surface area (Å²) >= 11 is 7.87. The minimum atomic E-state index is -0.350. The summed E-state index contributed by atoms with van der Waals surface area (Å²) in [5.41, 5.74) is 0.918. The van der Waals surface area contributed by atoms with E-state index in [1.54, 1.807) is 28.6 Å². The average Bonchev–Trinajstić information content (AvgIpc) is 2.98. The molecular formula is C16H19ClN2O2S. The third-order valence-corrected chi connectivity index (χ3v) is 6.35. The summed E-state index contributed by atoms with van der Waals surface area (Å²) in [6, 6.07) is 7.17. The molecule has 0 N–H and O–H groups in total. The van der Waals surface area contributed by atoms with Gasteiger partial charge in [-0.25, -0.2) is 0 Å². The van der Waals surface area contributed by atoms with Crippen molar-refractivity contribution in [2.24, 2.45) is 0 Å². The largest absolute Gasteiger partial charge is 0.340 e. The lowest BCUT2D eigenvalue weighted by Gasteiger charge is -2.32. The fraction of sp³-hybridized carbons (Fsp3) is 0.500. The van der Waals surface area contributed by atoms with Crippen molar-refractivity contribution in [3.05, 3.63) is 34.9 Å². The van der Waals surface area contributed by atoms with Gasteiger partial charge in [0.1, 0.15) is 6.04 Å². The molecule has 0 aliphatic carbocycles. The molecule has 2 amide bonds. The molecule has 2 heterocycles. The molecule has 2 atom stereocenters. The van der Waals surface area contributed by atoms with Gasteiger partial charge in [-0.15, -0.1) is 11.8 Å². The molecule has 6 heteroatoms. The van der Waals surface area contributed by atoms with Crippen LogP contribution < -0.4 is 0 Å². The summed E-state index contributed by atoms with van der Waals surface area (Å²) in [5, 5.41) is 0.657. The molecule has 0 unspecified atom stereocenters. The lowest BCUT2D eigenvalue weighted by molar-refractivity contribution is -0.143. The zero-order chi connectivity index (χ0) is 15.9. The number of likely N-dealkylation sites (N-methyl/N-ethyl adjacent to an activating group) is 1. The SMILES string of the molecule is CN(Cc1ccccc1Cl)C(=O)[C@H]1CS[C@]2(C)CCC(=O)N12. The highest BCUT2D eigenvalue weighted by atomic mass is 35.5. The van der Waals surface area contributed by atoms with Crippen molar-refractivity contribution in [1.82, 2.24) is 9.80 Å². The van der Waals surface area contributed by atoms with E-state index in [2.05, 4.69) is 6.92 Å². The van der Waals surface area contributed by atoms with Crippen LogP contribution in [0.4, 0.5) is 0 Å². The maximum absolute atomic E-state index is 12.8. The van der Waals surface area contributed by atoms with E-state index in [-0.39, 0.29) is 22.7 Å². The number of hydrogen-bond donors (Lipinski definition) is 0. The van der Waals surface area contributed by atoms with Crippen molar-refractivity contribution in [2.75, 3.05) is 12.8 Å². The summed E-state index contributed by atoms with van der Waals surface area (Å²) < 4.78 is 0. The Labute approximate surface area is 139 Å². The van der Waals surface area contributed by atoms with Crippen LogP contribution in [-0.2, 0) is 16.1 Å². The number of benzene rings is 1. The van der Waals surface area contributed by atoms with Crippen molar-refractivity contribution in [3.8, 4) is 0 Å². The molecule has 3 rings (SSSR count). The van der Waals surface area contributed by atoms with Gasteiger partial charge in [-0.2, -0.15) is 0 Å². The van der Waals surface area contributed by atoms with Gasteiger partial charge in [0, 0.05) is 30.8 Å². The van der Waals surface area contributed by atoms with E-state index in [1.165, 1.54) is 0 Å². The molecule has 1 aromatic carbocycles. The Bertz CT molecular complexity index is 624. The number of nitrogens with zero attached hydrogens (tertiary/aromatic N) is 2. The smallest absolute Gasteiger partial charge is 0.246 e. The molecule has 2 saturated heterocycles. The number of hydrogen-bond acceptors (Lipinski definition) is 3. The second-order valence-corrected chi connectivity index (χ2v) is 7.96. The summed E-state index contributed by atoms with van der Waals surface area (Å²) in [6.45, 7) is 2.52. The fourth-order valence-corrected chi connectivity index (χ4v) is 4.84. The summed E-state index contributed by atoms with van der Waals surface area (Å²) in [6.07, 6.45) is 1.37. The minimum Gasteiger partial charge on any atom is -0.340 e. The molecule has 1 aromatic rings. The first-order valence-corrected chi connectivity index (χ1v) is 8.73. The quantitative estimate of drug-likeness (QED) is 0.851. The first kappa shape index (κ1) is 15.7. The van der Waals surface area contributed by atoms with Crippen molar-refractivity contribution in [1.29, 1.82) is 0 Å². The molecule has 2 aliphatic rings. The predicted octanol–water partition coefficient (Wildman–Crippen LogP) is 2.75. The van der Waals surface area contributed by atoms with E-state index in [0.717, 1.165) is 12.0 Å². The van der Waals surface area contributed by atoms with Crippen molar-refractivity contribution in [3.63, 3.8) is 0 Å². The zero-order valence-electron chi connectivity index (χ0n) is 12.7. The van der Waals surface area contributed by atoms with Crippen LogP contribution in [0.5, 0.6) is 0 Å². The third kappa shape index (κ3) is 2.61. The number of fused-ring (bicyclic) bond motifs is 1. The Morgan fingerprint density at radius 3 is 2.95 bits per heavy atom. The number of halogens is 1. The van der Waals surface area contributed by atoms with Gasteiger partial charge < -0.3 is 9.80 Å². The van der Waals surface area contributed by atoms with Crippen molar-refractivity contribution in [2.45, 2.75) is 37.2 Å². The lowest BCUT2D eigenvalue weighted by Crippen LogP contribution is -2.50. The second kappa shape index (κ2) is 5.78. The molecule has 2 fully saturated rings. The Hall–Kier alpha value is -1.20. The van der Waals surface area contributed by atoms with Crippen LogP contribution in [-0.4, -0.2) is 45.3 Å². The predicted molar refractivity (Wildman–Crippen MR) is 88.7 cm³/mol. The number of thioether (sulfide) groups is 1. The molecule has 4 nitrogen and oxygen atoms in total. The van der Waals surface area contributed by atoms with Crippen LogP contribution >= 0.6 is 23.4 Å². The van der Waals surface area contributed by atoms with E-state index >= 15 is 0 Å². The highest BCUT2D eigenvalue weighted by Gasteiger charge is 2.53. The van der Waals surface area contributed by atoms with Gasteiger partial charge >= 0.3 is 0 Å². The van der Waals surface area contributed by atoms with Gasteiger partial charge in [0.2, 0.25) is 11.8 Å². The number of carbonyl (C=O) groups excluding carboxylic acids is 2.